The van der Waals surface area contributed by atoms with Crippen molar-refractivity contribution in [1.29, 1.82) is 0 Å². The molecule has 0 unspecified atom stereocenters. The Morgan fingerprint density at radius 2 is 2.16 bits per heavy atom. The Morgan fingerprint density at radius 1 is 1.21 bits per heavy atom. The predicted octanol–water partition coefficient (Wildman–Crippen LogP) is 2.99. The zero-order valence-electron chi connectivity index (χ0n) is 11.3. The quantitative estimate of drug-likeness (QED) is 0.894. The Kier molecular flexibility index (Phi) is 3.97. The predicted molar refractivity (Wildman–Crippen MR) is 81.5 cm³/mol. The van der Waals surface area contributed by atoms with E-state index in [4.69, 9.17) is 0 Å². The first kappa shape index (κ1) is 12.9. The summed E-state index contributed by atoms with van der Waals surface area (Å²) in [5.41, 5.74) is 5.76. The number of nitrogens with one attached hydrogen (secondary N) is 2. The molecule has 3 heteroatoms. The third kappa shape index (κ3) is 3.06. The molecule has 2 heterocycles. The van der Waals surface area contributed by atoms with Gasteiger partial charge in [-0.05, 0) is 53.6 Å². The molecule has 0 atom stereocenters. The molecule has 2 nitrogen and oxygen atoms in total. The van der Waals surface area contributed by atoms with Crippen molar-refractivity contribution in [1.82, 2.24) is 10.6 Å². The fraction of sp³-hybridized carbons (Fsp3) is 0.375. The highest BCUT2D eigenvalue weighted by atomic mass is 32.1. The van der Waals surface area contributed by atoms with Crippen LogP contribution in [0, 0.1) is 6.92 Å². The van der Waals surface area contributed by atoms with E-state index in [2.05, 4.69) is 47.2 Å². The first-order valence-corrected chi connectivity index (χ1v) is 7.76. The van der Waals surface area contributed by atoms with Crippen molar-refractivity contribution >= 4 is 11.3 Å². The molecule has 0 spiro atoms. The van der Waals surface area contributed by atoms with Crippen molar-refractivity contribution in [2.45, 2.75) is 33.0 Å². The molecule has 0 saturated carbocycles. The van der Waals surface area contributed by atoms with E-state index in [-0.39, 0.29) is 0 Å². The summed E-state index contributed by atoms with van der Waals surface area (Å²) in [4.78, 5) is 1.44. The van der Waals surface area contributed by atoms with Crippen LogP contribution in [-0.4, -0.2) is 6.54 Å². The zero-order valence-corrected chi connectivity index (χ0v) is 12.1. The average Bonchev–Trinajstić information content (AvgIpc) is 2.84. The summed E-state index contributed by atoms with van der Waals surface area (Å²) < 4.78 is 0. The van der Waals surface area contributed by atoms with Gasteiger partial charge in [-0.25, -0.2) is 0 Å². The van der Waals surface area contributed by atoms with Crippen LogP contribution >= 0.6 is 11.3 Å². The first-order chi connectivity index (χ1) is 9.33. The summed E-state index contributed by atoms with van der Waals surface area (Å²) in [7, 11) is 0. The summed E-state index contributed by atoms with van der Waals surface area (Å²) in [5, 5.41) is 9.14. The van der Waals surface area contributed by atoms with Crippen LogP contribution in [0.4, 0.5) is 0 Å². The van der Waals surface area contributed by atoms with Gasteiger partial charge in [0.25, 0.3) is 0 Å². The fourth-order valence-electron chi connectivity index (χ4n) is 2.55. The first-order valence-electron chi connectivity index (χ1n) is 6.88. The van der Waals surface area contributed by atoms with E-state index in [9.17, 15) is 0 Å². The van der Waals surface area contributed by atoms with E-state index in [0.29, 0.717) is 0 Å². The summed E-state index contributed by atoms with van der Waals surface area (Å²) in [6.07, 6.45) is 1.16. The Labute approximate surface area is 118 Å². The second-order valence-electron chi connectivity index (χ2n) is 5.16. The lowest BCUT2D eigenvalue weighted by Gasteiger charge is -2.18. The van der Waals surface area contributed by atoms with Crippen molar-refractivity contribution in [3.8, 4) is 0 Å². The molecule has 0 fully saturated rings. The SMILES string of the molecule is Cc1ccsc1CNCc1ccc2c(c1)CNCC2. The van der Waals surface area contributed by atoms with Crippen molar-refractivity contribution in [2.24, 2.45) is 0 Å². The smallest absolute Gasteiger partial charge is 0.0305 e. The maximum atomic E-state index is 3.54. The van der Waals surface area contributed by atoms with Gasteiger partial charge in [-0.15, -0.1) is 11.3 Å². The lowest BCUT2D eigenvalue weighted by Crippen LogP contribution is -2.24. The van der Waals surface area contributed by atoms with Crippen molar-refractivity contribution < 1.29 is 0 Å². The largest absolute Gasteiger partial charge is 0.312 e. The number of fused-ring (bicyclic) bond motifs is 1. The third-order valence-electron chi connectivity index (χ3n) is 3.74. The van der Waals surface area contributed by atoms with E-state index < -0.39 is 0 Å². The highest BCUT2D eigenvalue weighted by Gasteiger charge is 2.08. The number of hydrogen-bond donors (Lipinski definition) is 2. The van der Waals surface area contributed by atoms with Gasteiger partial charge in [0.15, 0.2) is 0 Å². The molecule has 1 aliphatic heterocycles. The van der Waals surface area contributed by atoms with Gasteiger partial charge in [0, 0.05) is 24.5 Å². The summed E-state index contributed by atoms with van der Waals surface area (Å²) in [6, 6.07) is 9.09. The lowest BCUT2D eigenvalue weighted by atomic mass is 9.98. The molecule has 2 aromatic rings. The lowest BCUT2D eigenvalue weighted by molar-refractivity contribution is 0.639. The normalized spacial score (nSPS) is 14.4. The molecule has 0 radical (unpaired) electrons. The van der Waals surface area contributed by atoms with E-state index in [1.54, 1.807) is 0 Å². The van der Waals surface area contributed by atoms with Gasteiger partial charge in [-0.3, -0.25) is 0 Å². The van der Waals surface area contributed by atoms with Crippen LogP contribution < -0.4 is 10.6 Å². The van der Waals surface area contributed by atoms with Gasteiger partial charge < -0.3 is 10.6 Å². The molecule has 0 amide bonds. The van der Waals surface area contributed by atoms with E-state index >= 15 is 0 Å². The second-order valence-corrected chi connectivity index (χ2v) is 6.16. The second kappa shape index (κ2) is 5.87. The van der Waals surface area contributed by atoms with Crippen molar-refractivity contribution in [3.63, 3.8) is 0 Å². The van der Waals surface area contributed by atoms with E-state index in [1.165, 1.54) is 27.1 Å². The minimum Gasteiger partial charge on any atom is -0.312 e. The molecular weight excluding hydrogens is 252 g/mol. The molecule has 0 aliphatic carbocycles. The Morgan fingerprint density at radius 3 is 3.00 bits per heavy atom. The number of rotatable bonds is 4. The van der Waals surface area contributed by atoms with Crippen LogP contribution in [0.5, 0.6) is 0 Å². The summed E-state index contributed by atoms with van der Waals surface area (Å²) in [5.74, 6) is 0. The van der Waals surface area contributed by atoms with E-state index in [1.807, 2.05) is 11.3 Å². The van der Waals surface area contributed by atoms with Crippen molar-refractivity contribution in [3.05, 3.63) is 56.8 Å². The van der Waals surface area contributed by atoms with Gasteiger partial charge in [0.05, 0.1) is 0 Å². The van der Waals surface area contributed by atoms with Crippen LogP contribution in [0.3, 0.4) is 0 Å². The average molecular weight is 272 g/mol. The Hall–Kier alpha value is -1.16. The molecule has 3 rings (SSSR count). The Balaban J connectivity index is 1.59. The molecule has 19 heavy (non-hydrogen) atoms. The number of aryl methyl sites for hydroxylation is 1. The zero-order chi connectivity index (χ0) is 13.1. The molecular formula is C16H20N2S. The van der Waals surface area contributed by atoms with Gasteiger partial charge in [-0.2, -0.15) is 0 Å². The topological polar surface area (TPSA) is 24.1 Å². The number of hydrogen-bond acceptors (Lipinski definition) is 3. The molecule has 2 N–H and O–H groups in total. The molecule has 0 saturated heterocycles. The highest BCUT2D eigenvalue weighted by Crippen LogP contribution is 2.17. The number of thiophene rings is 1. The molecule has 1 aromatic heterocycles. The van der Waals surface area contributed by atoms with Crippen LogP contribution in [0.15, 0.2) is 29.6 Å². The highest BCUT2D eigenvalue weighted by molar-refractivity contribution is 7.10. The minimum atomic E-state index is 0.949. The third-order valence-corrected chi connectivity index (χ3v) is 4.76. The molecule has 1 aromatic carbocycles. The summed E-state index contributed by atoms with van der Waals surface area (Å²) in [6.45, 7) is 6.23. The van der Waals surface area contributed by atoms with Gasteiger partial charge in [-0.1, -0.05) is 18.2 Å². The fourth-order valence-corrected chi connectivity index (χ4v) is 3.43. The molecule has 100 valence electrons. The minimum absolute atomic E-state index is 0.949. The van der Waals surface area contributed by atoms with Crippen LogP contribution in [0.1, 0.15) is 27.1 Å². The van der Waals surface area contributed by atoms with Gasteiger partial charge in [0.2, 0.25) is 0 Å². The standard InChI is InChI=1S/C16H20N2S/c1-12-5-7-19-16(12)11-18-9-13-2-3-14-4-6-17-10-15(14)8-13/h2-3,5,7-8,17-18H,4,6,9-11H2,1H3. The molecule has 0 bridgehead atoms. The summed E-state index contributed by atoms with van der Waals surface area (Å²) >= 11 is 1.84. The maximum absolute atomic E-state index is 3.54. The van der Waals surface area contributed by atoms with Gasteiger partial charge >= 0.3 is 0 Å². The van der Waals surface area contributed by atoms with Crippen LogP contribution in [0.25, 0.3) is 0 Å². The molecule has 1 aliphatic rings. The van der Waals surface area contributed by atoms with Crippen LogP contribution in [-0.2, 0) is 26.1 Å². The van der Waals surface area contributed by atoms with Gasteiger partial charge in [0.1, 0.15) is 0 Å². The van der Waals surface area contributed by atoms with Crippen LogP contribution in [0.2, 0.25) is 0 Å². The van der Waals surface area contributed by atoms with Crippen molar-refractivity contribution in [2.75, 3.05) is 6.54 Å². The monoisotopic (exact) mass is 272 g/mol. The number of benzene rings is 1. The van der Waals surface area contributed by atoms with E-state index in [0.717, 1.165) is 32.6 Å². The Bertz CT molecular complexity index is 560. The maximum Gasteiger partial charge on any atom is 0.0305 e.